The first kappa shape index (κ1) is 11.0. The fourth-order valence-electron chi connectivity index (χ4n) is 1.83. The lowest BCUT2D eigenvalue weighted by Crippen LogP contribution is -2.32. The standard InChI is InChI=1S/C13H18N2O/c1-2-8-15(13(16)10-6-7-10)12-5-3-4-11(14)9-12/h3-5,9-10H,2,6-8,14H2,1H3. The van der Waals surface area contributed by atoms with Gasteiger partial charge in [-0.05, 0) is 37.5 Å². The molecule has 0 atom stereocenters. The van der Waals surface area contributed by atoms with Crippen molar-refractivity contribution in [3.05, 3.63) is 24.3 Å². The van der Waals surface area contributed by atoms with E-state index in [4.69, 9.17) is 5.73 Å². The van der Waals surface area contributed by atoms with Crippen LogP contribution < -0.4 is 10.6 Å². The number of hydrogen-bond donors (Lipinski definition) is 1. The topological polar surface area (TPSA) is 46.3 Å². The fraction of sp³-hybridized carbons (Fsp3) is 0.462. The Balaban J connectivity index is 2.20. The van der Waals surface area contributed by atoms with E-state index in [0.29, 0.717) is 5.69 Å². The molecule has 2 rings (SSSR count). The molecule has 86 valence electrons. The van der Waals surface area contributed by atoms with E-state index < -0.39 is 0 Å². The summed E-state index contributed by atoms with van der Waals surface area (Å²) in [5, 5.41) is 0. The second-order valence-electron chi connectivity index (χ2n) is 4.36. The van der Waals surface area contributed by atoms with Crippen molar-refractivity contribution < 1.29 is 4.79 Å². The number of nitrogen functional groups attached to an aromatic ring is 1. The second-order valence-corrected chi connectivity index (χ2v) is 4.36. The Labute approximate surface area is 96.2 Å². The number of hydrogen-bond acceptors (Lipinski definition) is 2. The molecule has 0 aliphatic heterocycles. The first-order valence-corrected chi connectivity index (χ1v) is 5.89. The van der Waals surface area contributed by atoms with Crippen LogP contribution in [0.25, 0.3) is 0 Å². The quantitative estimate of drug-likeness (QED) is 0.789. The predicted molar refractivity (Wildman–Crippen MR) is 66.2 cm³/mol. The third kappa shape index (κ3) is 2.35. The lowest BCUT2D eigenvalue weighted by atomic mass is 10.2. The minimum Gasteiger partial charge on any atom is -0.399 e. The summed E-state index contributed by atoms with van der Waals surface area (Å²) in [4.78, 5) is 14.0. The summed E-state index contributed by atoms with van der Waals surface area (Å²) in [5.41, 5.74) is 7.39. The highest BCUT2D eigenvalue weighted by Crippen LogP contribution is 2.33. The van der Waals surface area contributed by atoms with Gasteiger partial charge in [-0.2, -0.15) is 0 Å². The highest BCUT2D eigenvalue weighted by molar-refractivity contribution is 5.96. The molecule has 0 radical (unpaired) electrons. The van der Waals surface area contributed by atoms with Gasteiger partial charge in [0.1, 0.15) is 0 Å². The molecule has 0 spiro atoms. The summed E-state index contributed by atoms with van der Waals surface area (Å²) in [6.45, 7) is 2.86. The van der Waals surface area contributed by atoms with Crippen molar-refractivity contribution in [1.29, 1.82) is 0 Å². The Hall–Kier alpha value is -1.51. The molecule has 0 bridgehead atoms. The van der Waals surface area contributed by atoms with Gasteiger partial charge in [-0.3, -0.25) is 4.79 Å². The highest BCUT2D eigenvalue weighted by atomic mass is 16.2. The maximum absolute atomic E-state index is 12.1. The van der Waals surface area contributed by atoms with E-state index >= 15 is 0 Å². The van der Waals surface area contributed by atoms with Crippen LogP contribution in [0.4, 0.5) is 11.4 Å². The van der Waals surface area contributed by atoms with E-state index in [1.807, 2.05) is 29.2 Å². The van der Waals surface area contributed by atoms with Crippen molar-refractivity contribution in [2.24, 2.45) is 5.92 Å². The number of amides is 1. The van der Waals surface area contributed by atoms with Crippen molar-refractivity contribution in [2.45, 2.75) is 26.2 Å². The number of carbonyl (C=O) groups is 1. The van der Waals surface area contributed by atoms with E-state index in [9.17, 15) is 4.79 Å². The van der Waals surface area contributed by atoms with Crippen LogP contribution in [0.5, 0.6) is 0 Å². The van der Waals surface area contributed by atoms with Crippen LogP contribution >= 0.6 is 0 Å². The lowest BCUT2D eigenvalue weighted by Gasteiger charge is -2.22. The normalized spacial score (nSPS) is 14.8. The second kappa shape index (κ2) is 4.56. The summed E-state index contributed by atoms with van der Waals surface area (Å²) in [5.74, 6) is 0.514. The molecule has 0 saturated heterocycles. The summed E-state index contributed by atoms with van der Waals surface area (Å²) in [7, 11) is 0. The Morgan fingerprint density at radius 1 is 1.50 bits per heavy atom. The van der Waals surface area contributed by atoms with Crippen molar-refractivity contribution in [2.75, 3.05) is 17.2 Å². The van der Waals surface area contributed by atoms with Gasteiger partial charge in [0.25, 0.3) is 0 Å². The summed E-state index contributed by atoms with van der Waals surface area (Å²) in [6.07, 6.45) is 3.05. The summed E-state index contributed by atoms with van der Waals surface area (Å²) in [6, 6.07) is 7.56. The minimum absolute atomic E-state index is 0.257. The maximum atomic E-state index is 12.1. The Morgan fingerprint density at radius 3 is 2.81 bits per heavy atom. The van der Waals surface area contributed by atoms with Gasteiger partial charge < -0.3 is 10.6 Å². The number of nitrogens with zero attached hydrogens (tertiary/aromatic N) is 1. The maximum Gasteiger partial charge on any atom is 0.230 e. The zero-order valence-corrected chi connectivity index (χ0v) is 9.65. The van der Waals surface area contributed by atoms with Crippen LogP contribution in [0.1, 0.15) is 26.2 Å². The third-order valence-corrected chi connectivity index (χ3v) is 2.82. The molecule has 1 aromatic rings. The molecule has 0 heterocycles. The zero-order valence-electron chi connectivity index (χ0n) is 9.65. The van der Waals surface area contributed by atoms with Gasteiger partial charge in [0.2, 0.25) is 5.91 Å². The predicted octanol–water partition coefficient (Wildman–Crippen LogP) is 2.42. The van der Waals surface area contributed by atoms with Crippen LogP contribution in [0.3, 0.4) is 0 Å². The SMILES string of the molecule is CCCN(C(=O)C1CC1)c1cccc(N)c1. The van der Waals surface area contributed by atoms with Crippen molar-refractivity contribution in [3.63, 3.8) is 0 Å². The largest absolute Gasteiger partial charge is 0.399 e. The average molecular weight is 218 g/mol. The minimum atomic E-state index is 0.257. The number of carbonyl (C=O) groups excluding carboxylic acids is 1. The highest BCUT2D eigenvalue weighted by Gasteiger charge is 2.33. The summed E-state index contributed by atoms with van der Waals surface area (Å²) >= 11 is 0. The molecule has 1 fully saturated rings. The van der Waals surface area contributed by atoms with Crippen LogP contribution in [-0.2, 0) is 4.79 Å². The van der Waals surface area contributed by atoms with E-state index in [1.54, 1.807) is 0 Å². The number of rotatable bonds is 4. The van der Waals surface area contributed by atoms with Crippen LogP contribution in [0.15, 0.2) is 24.3 Å². The number of benzene rings is 1. The zero-order chi connectivity index (χ0) is 11.5. The van der Waals surface area contributed by atoms with Gasteiger partial charge in [0, 0.05) is 23.8 Å². The smallest absolute Gasteiger partial charge is 0.230 e. The van der Waals surface area contributed by atoms with Gasteiger partial charge in [-0.1, -0.05) is 13.0 Å². The first-order valence-electron chi connectivity index (χ1n) is 5.89. The van der Waals surface area contributed by atoms with Gasteiger partial charge in [0.15, 0.2) is 0 Å². The third-order valence-electron chi connectivity index (χ3n) is 2.82. The van der Waals surface area contributed by atoms with Crippen molar-refractivity contribution in [1.82, 2.24) is 0 Å². The molecule has 0 unspecified atom stereocenters. The Kier molecular flexibility index (Phi) is 3.13. The van der Waals surface area contributed by atoms with Crippen molar-refractivity contribution >= 4 is 17.3 Å². The molecule has 3 heteroatoms. The van der Waals surface area contributed by atoms with Gasteiger partial charge >= 0.3 is 0 Å². The molecule has 1 saturated carbocycles. The first-order chi connectivity index (χ1) is 7.72. The number of nitrogens with two attached hydrogens (primary N) is 1. The van der Waals surface area contributed by atoms with Gasteiger partial charge in [0.05, 0.1) is 0 Å². The Morgan fingerprint density at radius 2 is 2.25 bits per heavy atom. The molecular formula is C13H18N2O. The molecule has 0 aromatic heterocycles. The van der Waals surface area contributed by atoms with Crippen molar-refractivity contribution in [3.8, 4) is 0 Å². The van der Waals surface area contributed by atoms with Gasteiger partial charge in [-0.25, -0.2) is 0 Å². The molecule has 1 amide bonds. The van der Waals surface area contributed by atoms with Crippen LogP contribution in [-0.4, -0.2) is 12.5 Å². The molecule has 1 aliphatic carbocycles. The molecule has 2 N–H and O–H groups in total. The number of anilines is 2. The summed E-state index contributed by atoms with van der Waals surface area (Å²) < 4.78 is 0. The molecule has 1 aliphatic rings. The van der Waals surface area contributed by atoms with Gasteiger partial charge in [-0.15, -0.1) is 0 Å². The van der Waals surface area contributed by atoms with E-state index in [0.717, 1.165) is 31.5 Å². The molecule has 1 aromatic carbocycles. The Bertz CT molecular complexity index is 385. The fourth-order valence-corrected chi connectivity index (χ4v) is 1.83. The van der Waals surface area contributed by atoms with Crippen LogP contribution in [0.2, 0.25) is 0 Å². The monoisotopic (exact) mass is 218 g/mol. The lowest BCUT2D eigenvalue weighted by molar-refractivity contribution is -0.119. The van der Waals surface area contributed by atoms with E-state index in [1.165, 1.54) is 0 Å². The van der Waals surface area contributed by atoms with Crippen LogP contribution in [0, 0.1) is 5.92 Å². The van der Waals surface area contributed by atoms with E-state index in [-0.39, 0.29) is 11.8 Å². The van der Waals surface area contributed by atoms with E-state index in [2.05, 4.69) is 6.92 Å². The molecule has 16 heavy (non-hydrogen) atoms. The molecule has 3 nitrogen and oxygen atoms in total. The average Bonchev–Trinajstić information content (AvgIpc) is 3.08. The molecular weight excluding hydrogens is 200 g/mol.